The Morgan fingerprint density at radius 3 is 2.78 bits per heavy atom. The number of nitrogens with zero attached hydrogens (tertiary/aromatic N) is 1. The predicted octanol–water partition coefficient (Wildman–Crippen LogP) is 2.69. The molecular formula is C14H21BrN2O. The number of hydrogen-bond donors (Lipinski definition) is 2. The van der Waals surface area contributed by atoms with Gasteiger partial charge in [0.2, 0.25) is 0 Å². The van der Waals surface area contributed by atoms with Gasteiger partial charge < -0.3 is 15.3 Å². The highest BCUT2D eigenvalue weighted by atomic mass is 79.9. The third kappa shape index (κ3) is 2.87. The Hall–Kier alpha value is -0.580. The topological polar surface area (TPSA) is 35.5 Å². The third-order valence-electron chi connectivity index (χ3n) is 3.68. The second kappa shape index (κ2) is 5.19. The predicted molar refractivity (Wildman–Crippen MR) is 79.1 cm³/mol. The highest BCUT2D eigenvalue weighted by Crippen LogP contribution is 2.33. The molecule has 2 rings (SSSR count). The number of hydrogen-bond acceptors (Lipinski definition) is 3. The first-order valence-electron chi connectivity index (χ1n) is 6.37. The minimum absolute atomic E-state index is 0.294. The average molecular weight is 313 g/mol. The van der Waals surface area contributed by atoms with Gasteiger partial charge in [0.05, 0.1) is 5.60 Å². The van der Waals surface area contributed by atoms with Gasteiger partial charge in [-0.05, 0) is 51.1 Å². The van der Waals surface area contributed by atoms with Gasteiger partial charge in [0, 0.05) is 29.3 Å². The van der Waals surface area contributed by atoms with Crippen molar-refractivity contribution in [1.82, 2.24) is 5.32 Å². The van der Waals surface area contributed by atoms with Crippen LogP contribution in [0.2, 0.25) is 0 Å². The van der Waals surface area contributed by atoms with Crippen molar-refractivity contribution in [1.29, 1.82) is 0 Å². The van der Waals surface area contributed by atoms with Gasteiger partial charge in [-0.3, -0.25) is 0 Å². The summed E-state index contributed by atoms with van der Waals surface area (Å²) < 4.78 is 1.09. The second-order valence-electron chi connectivity index (χ2n) is 5.38. The van der Waals surface area contributed by atoms with Crippen molar-refractivity contribution >= 4 is 21.6 Å². The lowest BCUT2D eigenvalue weighted by molar-refractivity contribution is 0.0839. The van der Waals surface area contributed by atoms with Crippen LogP contribution in [0, 0.1) is 0 Å². The van der Waals surface area contributed by atoms with Crippen molar-refractivity contribution in [2.45, 2.75) is 31.9 Å². The Kier molecular flexibility index (Phi) is 3.99. The molecule has 0 saturated carbocycles. The van der Waals surface area contributed by atoms with E-state index >= 15 is 0 Å². The van der Waals surface area contributed by atoms with Crippen molar-refractivity contribution in [3.8, 4) is 0 Å². The SMILES string of the molecule is CNC(C)c1cc(Br)ccc1N1CCC(C)(O)C1. The molecule has 4 heteroatoms. The zero-order valence-electron chi connectivity index (χ0n) is 11.2. The lowest BCUT2D eigenvalue weighted by Crippen LogP contribution is -2.30. The van der Waals surface area contributed by atoms with E-state index in [4.69, 9.17) is 0 Å². The first kappa shape index (κ1) is 13.8. The minimum Gasteiger partial charge on any atom is -0.388 e. The van der Waals surface area contributed by atoms with Crippen LogP contribution >= 0.6 is 15.9 Å². The highest BCUT2D eigenvalue weighted by Gasteiger charge is 2.32. The number of benzene rings is 1. The standard InChI is InChI=1S/C14H21BrN2O/c1-10(16-3)12-8-11(15)4-5-13(12)17-7-6-14(2,18)9-17/h4-5,8,10,16,18H,6-7,9H2,1-3H3. The van der Waals surface area contributed by atoms with Gasteiger partial charge in [0.25, 0.3) is 0 Å². The molecular weight excluding hydrogens is 292 g/mol. The molecule has 0 radical (unpaired) electrons. The molecule has 2 atom stereocenters. The molecule has 1 aromatic rings. The molecule has 1 saturated heterocycles. The monoisotopic (exact) mass is 312 g/mol. The quantitative estimate of drug-likeness (QED) is 0.901. The molecule has 100 valence electrons. The summed E-state index contributed by atoms with van der Waals surface area (Å²) in [7, 11) is 1.97. The number of anilines is 1. The van der Waals surface area contributed by atoms with E-state index in [-0.39, 0.29) is 0 Å². The highest BCUT2D eigenvalue weighted by molar-refractivity contribution is 9.10. The van der Waals surface area contributed by atoms with Gasteiger partial charge in [0.15, 0.2) is 0 Å². The molecule has 3 nitrogen and oxygen atoms in total. The normalized spacial score (nSPS) is 25.5. The van der Waals surface area contributed by atoms with Crippen LogP contribution in [-0.4, -0.2) is 30.8 Å². The summed E-state index contributed by atoms with van der Waals surface area (Å²) in [5.74, 6) is 0. The number of β-amino-alcohol motifs (C(OH)–C–C–N with tert-alkyl or cyclic N) is 1. The van der Waals surface area contributed by atoms with Crippen molar-refractivity contribution in [2.24, 2.45) is 0 Å². The molecule has 1 aromatic carbocycles. The number of halogens is 1. The van der Waals surface area contributed by atoms with Crippen LogP contribution in [0.5, 0.6) is 0 Å². The maximum Gasteiger partial charge on any atom is 0.0810 e. The Labute approximate surface area is 117 Å². The summed E-state index contributed by atoms with van der Waals surface area (Å²) in [6.45, 7) is 5.68. The Balaban J connectivity index is 2.33. The van der Waals surface area contributed by atoms with Crippen molar-refractivity contribution in [3.05, 3.63) is 28.2 Å². The molecule has 0 aromatic heterocycles. The van der Waals surface area contributed by atoms with Crippen LogP contribution in [0.4, 0.5) is 5.69 Å². The number of aliphatic hydroxyl groups is 1. The van der Waals surface area contributed by atoms with E-state index < -0.39 is 5.60 Å². The van der Waals surface area contributed by atoms with Gasteiger partial charge in [-0.1, -0.05) is 15.9 Å². The summed E-state index contributed by atoms with van der Waals surface area (Å²) in [5, 5.41) is 13.4. The molecule has 2 N–H and O–H groups in total. The Morgan fingerprint density at radius 1 is 1.50 bits per heavy atom. The van der Waals surface area contributed by atoms with E-state index in [2.05, 4.69) is 51.3 Å². The maximum atomic E-state index is 10.1. The first-order chi connectivity index (χ1) is 8.43. The van der Waals surface area contributed by atoms with Crippen LogP contribution in [0.3, 0.4) is 0 Å². The summed E-state index contributed by atoms with van der Waals surface area (Å²) in [4.78, 5) is 2.27. The van der Waals surface area contributed by atoms with Gasteiger partial charge in [-0.2, -0.15) is 0 Å². The van der Waals surface area contributed by atoms with E-state index in [1.807, 2.05) is 14.0 Å². The summed E-state index contributed by atoms with van der Waals surface area (Å²) in [5.41, 5.74) is 1.93. The van der Waals surface area contributed by atoms with E-state index in [0.717, 1.165) is 17.4 Å². The van der Waals surface area contributed by atoms with Crippen molar-refractivity contribution in [2.75, 3.05) is 25.0 Å². The molecule has 0 spiro atoms. The molecule has 1 fully saturated rings. The van der Waals surface area contributed by atoms with Crippen LogP contribution in [0.1, 0.15) is 31.9 Å². The van der Waals surface area contributed by atoms with Gasteiger partial charge in [-0.15, -0.1) is 0 Å². The molecule has 1 aliphatic heterocycles. The van der Waals surface area contributed by atoms with Gasteiger partial charge in [0.1, 0.15) is 0 Å². The zero-order chi connectivity index (χ0) is 13.3. The fourth-order valence-corrected chi connectivity index (χ4v) is 2.85. The molecule has 1 aliphatic rings. The molecule has 0 amide bonds. The maximum absolute atomic E-state index is 10.1. The minimum atomic E-state index is -0.562. The fourth-order valence-electron chi connectivity index (χ4n) is 2.47. The molecule has 1 heterocycles. The molecule has 0 aliphatic carbocycles. The van der Waals surface area contributed by atoms with Crippen molar-refractivity contribution in [3.63, 3.8) is 0 Å². The van der Waals surface area contributed by atoms with E-state index in [1.165, 1.54) is 11.3 Å². The first-order valence-corrected chi connectivity index (χ1v) is 7.16. The number of rotatable bonds is 3. The van der Waals surface area contributed by atoms with Crippen molar-refractivity contribution < 1.29 is 5.11 Å². The van der Waals surface area contributed by atoms with E-state index in [0.29, 0.717) is 12.6 Å². The smallest absolute Gasteiger partial charge is 0.0810 e. The van der Waals surface area contributed by atoms with Crippen LogP contribution in [0.15, 0.2) is 22.7 Å². The summed E-state index contributed by atoms with van der Waals surface area (Å²) in [6, 6.07) is 6.65. The summed E-state index contributed by atoms with van der Waals surface area (Å²) in [6.07, 6.45) is 0.830. The molecule has 2 unspecified atom stereocenters. The van der Waals surface area contributed by atoms with Crippen LogP contribution in [-0.2, 0) is 0 Å². The van der Waals surface area contributed by atoms with E-state index in [1.54, 1.807) is 0 Å². The summed E-state index contributed by atoms with van der Waals surface area (Å²) >= 11 is 3.53. The largest absolute Gasteiger partial charge is 0.388 e. The molecule has 0 bridgehead atoms. The zero-order valence-corrected chi connectivity index (χ0v) is 12.8. The Morgan fingerprint density at radius 2 is 2.22 bits per heavy atom. The van der Waals surface area contributed by atoms with Gasteiger partial charge >= 0.3 is 0 Å². The molecule has 18 heavy (non-hydrogen) atoms. The fraction of sp³-hybridized carbons (Fsp3) is 0.571. The van der Waals surface area contributed by atoms with Crippen LogP contribution in [0.25, 0.3) is 0 Å². The van der Waals surface area contributed by atoms with Crippen LogP contribution < -0.4 is 10.2 Å². The van der Waals surface area contributed by atoms with E-state index in [9.17, 15) is 5.11 Å². The number of nitrogens with one attached hydrogen (secondary N) is 1. The second-order valence-corrected chi connectivity index (χ2v) is 6.30. The lowest BCUT2D eigenvalue weighted by Gasteiger charge is -2.26. The lowest BCUT2D eigenvalue weighted by atomic mass is 10.0. The average Bonchev–Trinajstić information content (AvgIpc) is 2.68. The third-order valence-corrected chi connectivity index (χ3v) is 4.17. The van der Waals surface area contributed by atoms with Gasteiger partial charge in [-0.25, -0.2) is 0 Å². The Bertz CT molecular complexity index is 434.